The van der Waals surface area contributed by atoms with Crippen LogP contribution in [-0.2, 0) is 10.8 Å². The standard InChI is InChI=1S/C20H42O2S.H2O/c1-2-3-4-5-6-7-8-9-10-11-12-13-14-15-16-17-19-23(22)20-18-21;/h21H,2-20H2,1H3;1H2. The Bertz CT molecular complexity index is 247. The molecule has 1 unspecified atom stereocenters. The summed E-state index contributed by atoms with van der Waals surface area (Å²) >= 11 is 0. The fraction of sp³-hybridized carbons (Fsp3) is 1.00. The monoisotopic (exact) mass is 364 g/mol. The van der Waals surface area contributed by atoms with Gasteiger partial charge < -0.3 is 10.6 Å². The van der Waals surface area contributed by atoms with Crippen LogP contribution in [-0.4, -0.2) is 32.9 Å². The van der Waals surface area contributed by atoms with Gasteiger partial charge in [0.15, 0.2) is 0 Å². The van der Waals surface area contributed by atoms with Gasteiger partial charge in [-0.1, -0.05) is 103 Å². The van der Waals surface area contributed by atoms with Crippen LogP contribution in [0.25, 0.3) is 0 Å². The molecule has 0 radical (unpaired) electrons. The zero-order chi connectivity index (χ0) is 17.0. The Morgan fingerprint density at radius 2 is 0.917 bits per heavy atom. The highest BCUT2D eigenvalue weighted by molar-refractivity contribution is 7.84. The average Bonchev–Trinajstić information content (AvgIpc) is 2.54. The SMILES string of the molecule is CCCCCCCCCCCCCCCCCCS(=O)CCO.O. The predicted octanol–water partition coefficient (Wildman–Crippen LogP) is 5.16. The Hall–Kier alpha value is 0.0700. The highest BCUT2D eigenvalue weighted by atomic mass is 32.2. The molecule has 0 aliphatic heterocycles. The molecule has 1 atom stereocenters. The molecular formula is C20H44O3S. The van der Waals surface area contributed by atoms with E-state index in [9.17, 15) is 4.21 Å². The first-order valence-electron chi connectivity index (χ1n) is 10.3. The molecular weight excluding hydrogens is 320 g/mol. The second kappa shape index (κ2) is 23.1. The zero-order valence-electron chi connectivity index (χ0n) is 16.2. The minimum absolute atomic E-state index is 0. The van der Waals surface area contributed by atoms with Crippen molar-refractivity contribution in [3.8, 4) is 0 Å². The Balaban J connectivity index is 0. The van der Waals surface area contributed by atoms with Crippen molar-refractivity contribution < 1.29 is 14.8 Å². The first-order chi connectivity index (χ1) is 11.3. The summed E-state index contributed by atoms with van der Waals surface area (Å²) in [6.07, 6.45) is 21.9. The maximum atomic E-state index is 11.3. The van der Waals surface area contributed by atoms with Crippen LogP contribution in [0, 0.1) is 0 Å². The van der Waals surface area contributed by atoms with Crippen molar-refractivity contribution in [3.63, 3.8) is 0 Å². The maximum absolute atomic E-state index is 11.3. The topological polar surface area (TPSA) is 68.8 Å². The summed E-state index contributed by atoms with van der Waals surface area (Å²) < 4.78 is 11.3. The molecule has 0 aliphatic carbocycles. The van der Waals surface area contributed by atoms with Gasteiger partial charge in [-0.3, -0.25) is 4.21 Å². The molecule has 148 valence electrons. The van der Waals surface area contributed by atoms with E-state index in [2.05, 4.69) is 6.92 Å². The Kier molecular flexibility index (Phi) is 25.3. The summed E-state index contributed by atoms with van der Waals surface area (Å²) in [6, 6.07) is 0. The van der Waals surface area contributed by atoms with Crippen molar-refractivity contribution in [2.45, 2.75) is 110 Å². The fourth-order valence-corrected chi connectivity index (χ4v) is 3.95. The van der Waals surface area contributed by atoms with E-state index in [1.54, 1.807) is 0 Å². The molecule has 3 N–H and O–H groups in total. The fourth-order valence-electron chi connectivity index (χ4n) is 3.02. The Morgan fingerprint density at radius 3 is 1.25 bits per heavy atom. The molecule has 0 bridgehead atoms. The number of unbranched alkanes of at least 4 members (excludes halogenated alkanes) is 15. The summed E-state index contributed by atoms with van der Waals surface area (Å²) in [5.74, 6) is 1.23. The van der Waals surface area contributed by atoms with Crippen molar-refractivity contribution in [2.24, 2.45) is 0 Å². The first-order valence-corrected chi connectivity index (χ1v) is 11.8. The van der Waals surface area contributed by atoms with Gasteiger partial charge in [0.05, 0.1) is 6.61 Å². The number of aliphatic hydroxyl groups is 1. The molecule has 0 aromatic heterocycles. The molecule has 0 saturated carbocycles. The van der Waals surface area contributed by atoms with Crippen molar-refractivity contribution in [1.82, 2.24) is 0 Å². The molecule has 0 aliphatic rings. The van der Waals surface area contributed by atoms with E-state index in [4.69, 9.17) is 5.11 Å². The second-order valence-corrected chi connectivity index (χ2v) is 8.57. The van der Waals surface area contributed by atoms with E-state index >= 15 is 0 Å². The molecule has 0 amide bonds. The van der Waals surface area contributed by atoms with Gasteiger partial charge in [0.25, 0.3) is 0 Å². The molecule has 0 saturated heterocycles. The van der Waals surface area contributed by atoms with Crippen LogP contribution in [0.4, 0.5) is 0 Å². The molecule has 0 fully saturated rings. The van der Waals surface area contributed by atoms with Gasteiger partial charge in [-0.15, -0.1) is 0 Å². The summed E-state index contributed by atoms with van der Waals surface area (Å²) in [5.41, 5.74) is 0. The average molecular weight is 365 g/mol. The molecule has 3 nitrogen and oxygen atoms in total. The summed E-state index contributed by atoms with van der Waals surface area (Å²) in [6.45, 7) is 2.34. The van der Waals surface area contributed by atoms with E-state index in [1.165, 1.54) is 96.3 Å². The van der Waals surface area contributed by atoms with E-state index in [-0.39, 0.29) is 12.1 Å². The van der Waals surface area contributed by atoms with Gasteiger partial charge in [-0.2, -0.15) is 0 Å². The first kappa shape index (κ1) is 26.3. The molecule has 0 aromatic rings. The number of rotatable bonds is 19. The van der Waals surface area contributed by atoms with Crippen LogP contribution >= 0.6 is 0 Å². The lowest BCUT2D eigenvalue weighted by Gasteiger charge is -2.03. The predicted molar refractivity (Wildman–Crippen MR) is 108 cm³/mol. The van der Waals surface area contributed by atoms with Gasteiger partial charge >= 0.3 is 0 Å². The van der Waals surface area contributed by atoms with Crippen molar-refractivity contribution in [1.29, 1.82) is 0 Å². The van der Waals surface area contributed by atoms with Crippen molar-refractivity contribution >= 4 is 10.8 Å². The van der Waals surface area contributed by atoms with Gasteiger partial charge in [0.2, 0.25) is 0 Å². The summed E-state index contributed by atoms with van der Waals surface area (Å²) in [7, 11) is -0.787. The Labute approximate surface area is 153 Å². The Morgan fingerprint density at radius 1 is 0.583 bits per heavy atom. The second-order valence-electron chi connectivity index (χ2n) is 6.87. The van der Waals surface area contributed by atoms with Crippen LogP contribution < -0.4 is 0 Å². The maximum Gasteiger partial charge on any atom is 0.0546 e. The van der Waals surface area contributed by atoms with Crippen LogP contribution in [0.3, 0.4) is 0 Å². The molecule has 0 spiro atoms. The minimum atomic E-state index is -0.787. The number of aliphatic hydroxyl groups excluding tert-OH is 1. The summed E-state index contributed by atoms with van der Waals surface area (Å²) in [5, 5.41) is 8.68. The third-order valence-electron chi connectivity index (χ3n) is 4.54. The van der Waals surface area contributed by atoms with Crippen LogP contribution in [0.2, 0.25) is 0 Å². The minimum Gasteiger partial charge on any atom is -0.412 e. The van der Waals surface area contributed by atoms with Gasteiger partial charge in [-0.25, -0.2) is 0 Å². The van der Waals surface area contributed by atoms with Crippen molar-refractivity contribution in [2.75, 3.05) is 18.1 Å². The van der Waals surface area contributed by atoms with Crippen LogP contribution in [0.5, 0.6) is 0 Å². The third kappa shape index (κ3) is 22.1. The van der Waals surface area contributed by atoms with Crippen LogP contribution in [0.15, 0.2) is 0 Å². The number of hydrogen-bond acceptors (Lipinski definition) is 2. The number of hydrogen-bond donors (Lipinski definition) is 1. The molecule has 0 heterocycles. The molecule has 0 aromatic carbocycles. The van der Waals surface area contributed by atoms with E-state index in [0.29, 0.717) is 5.75 Å². The third-order valence-corrected chi connectivity index (χ3v) is 5.93. The molecule has 24 heavy (non-hydrogen) atoms. The van der Waals surface area contributed by atoms with Crippen molar-refractivity contribution in [3.05, 3.63) is 0 Å². The largest absolute Gasteiger partial charge is 0.412 e. The smallest absolute Gasteiger partial charge is 0.0546 e. The quantitative estimate of drug-likeness (QED) is 0.321. The highest BCUT2D eigenvalue weighted by Gasteiger charge is 1.98. The van der Waals surface area contributed by atoms with Crippen LogP contribution in [0.1, 0.15) is 110 Å². The van der Waals surface area contributed by atoms with Gasteiger partial charge in [0, 0.05) is 22.3 Å². The highest BCUT2D eigenvalue weighted by Crippen LogP contribution is 2.13. The van der Waals surface area contributed by atoms with E-state index in [0.717, 1.165) is 12.2 Å². The van der Waals surface area contributed by atoms with E-state index in [1.807, 2.05) is 0 Å². The van der Waals surface area contributed by atoms with E-state index < -0.39 is 10.8 Å². The molecule has 0 rings (SSSR count). The lowest BCUT2D eigenvalue weighted by molar-refractivity contribution is 0.321. The van der Waals surface area contributed by atoms with Gasteiger partial charge in [-0.05, 0) is 6.42 Å². The lowest BCUT2D eigenvalue weighted by atomic mass is 10.0. The lowest BCUT2D eigenvalue weighted by Crippen LogP contribution is -2.05. The summed E-state index contributed by atoms with van der Waals surface area (Å²) in [4.78, 5) is 0. The molecule has 4 heteroatoms. The van der Waals surface area contributed by atoms with Gasteiger partial charge in [0.1, 0.15) is 0 Å². The zero-order valence-corrected chi connectivity index (χ0v) is 17.0. The normalized spacial score (nSPS) is 12.1.